The highest BCUT2D eigenvalue weighted by Crippen LogP contribution is 2.38. The van der Waals surface area contributed by atoms with Crippen molar-refractivity contribution in [3.8, 4) is 5.75 Å². The molecule has 0 spiro atoms. The summed E-state index contributed by atoms with van der Waals surface area (Å²) in [6.45, 7) is 0.780. The number of nitrogen functional groups attached to an aromatic ring is 1. The summed E-state index contributed by atoms with van der Waals surface area (Å²) in [5, 5.41) is 0. The molecule has 0 bridgehead atoms. The Kier molecular flexibility index (Phi) is 4.29. The van der Waals surface area contributed by atoms with Crippen molar-refractivity contribution in [2.75, 3.05) is 12.3 Å². The summed E-state index contributed by atoms with van der Waals surface area (Å²) in [5.41, 5.74) is 9.33. The van der Waals surface area contributed by atoms with Crippen LogP contribution >= 0.6 is 43.6 Å². The van der Waals surface area contributed by atoms with Crippen LogP contribution in [0.3, 0.4) is 0 Å². The lowest BCUT2D eigenvalue weighted by Gasteiger charge is -2.10. The summed E-state index contributed by atoms with van der Waals surface area (Å²) in [5.74, 6) is 1.90. The van der Waals surface area contributed by atoms with Crippen molar-refractivity contribution in [1.29, 1.82) is 0 Å². The van der Waals surface area contributed by atoms with Crippen LogP contribution in [-0.4, -0.2) is 6.61 Å². The van der Waals surface area contributed by atoms with Crippen molar-refractivity contribution in [1.82, 2.24) is 0 Å². The van der Waals surface area contributed by atoms with Gasteiger partial charge in [-0.05, 0) is 35.9 Å². The number of benzene rings is 2. The number of hydrogen-bond acceptors (Lipinski definition) is 3. The molecule has 0 radical (unpaired) electrons. The summed E-state index contributed by atoms with van der Waals surface area (Å²) in [7, 11) is 0. The first kappa shape index (κ1) is 14.3. The number of ether oxygens (including phenoxy) is 1. The predicted octanol–water partition coefficient (Wildman–Crippen LogP) is 5.02. The summed E-state index contributed by atoms with van der Waals surface area (Å²) < 4.78 is 7.91. The van der Waals surface area contributed by atoms with E-state index >= 15 is 0 Å². The topological polar surface area (TPSA) is 35.2 Å². The second-order valence-corrected chi connectivity index (χ2v) is 7.47. The van der Waals surface area contributed by atoms with E-state index in [2.05, 4.69) is 50.1 Å². The monoisotopic (exact) mass is 413 g/mol. The molecular formula is C15H13Br2NOS. The second kappa shape index (κ2) is 6.00. The van der Waals surface area contributed by atoms with E-state index in [4.69, 9.17) is 10.5 Å². The van der Waals surface area contributed by atoms with Gasteiger partial charge in [0.2, 0.25) is 0 Å². The van der Waals surface area contributed by atoms with Crippen LogP contribution in [0.2, 0.25) is 0 Å². The van der Waals surface area contributed by atoms with Crippen molar-refractivity contribution in [3.63, 3.8) is 0 Å². The number of halogens is 2. The molecule has 0 aliphatic carbocycles. The summed E-state index contributed by atoms with van der Waals surface area (Å²) >= 11 is 8.79. The lowest BCUT2D eigenvalue weighted by molar-refractivity contribution is 0.354. The molecule has 0 saturated heterocycles. The van der Waals surface area contributed by atoms with Crippen LogP contribution in [-0.2, 0) is 12.2 Å². The average molecular weight is 415 g/mol. The average Bonchev–Trinajstić information content (AvgIpc) is 2.87. The lowest BCUT2D eigenvalue weighted by Crippen LogP contribution is -1.92. The summed E-state index contributed by atoms with van der Waals surface area (Å²) in [6.07, 6.45) is 0.992. The highest BCUT2D eigenvalue weighted by molar-refractivity contribution is 9.10. The molecule has 1 aliphatic heterocycles. The first-order valence-corrected chi connectivity index (χ1v) is 8.82. The van der Waals surface area contributed by atoms with Crippen LogP contribution < -0.4 is 10.5 Å². The van der Waals surface area contributed by atoms with Crippen molar-refractivity contribution in [2.24, 2.45) is 0 Å². The van der Waals surface area contributed by atoms with Crippen molar-refractivity contribution < 1.29 is 4.74 Å². The predicted molar refractivity (Wildman–Crippen MR) is 91.5 cm³/mol. The van der Waals surface area contributed by atoms with Crippen molar-refractivity contribution in [3.05, 3.63) is 50.4 Å². The van der Waals surface area contributed by atoms with E-state index in [9.17, 15) is 0 Å². The maximum absolute atomic E-state index is 6.01. The highest BCUT2D eigenvalue weighted by atomic mass is 79.9. The van der Waals surface area contributed by atoms with Crippen molar-refractivity contribution in [2.45, 2.75) is 17.1 Å². The fourth-order valence-corrected chi connectivity index (χ4v) is 4.28. The van der Waals surface area contributed by atoms with Gasteiger partial charge in [0.1, 0.15) is 5.75 Å². The molecule has 0 atom stereocenters. The third-order valence-electron chi connectivity index (χ3n) is 3.18. The van der Waals surface area contributed by atoms with E-state index in [-0.39, 0.29) is 0 Å². The lowest BCUT2D eigenvalue weighted by atomic mass is 10.1. The second-order valence-electron chi connectivity index (χ2n) is 4.62. The minimum Gasteiger partial charge on any atom is -0.493 e. The van der Waals surface area contributed by atoms with E-state index in [0.29, 0.717) is 0 Å². The van der Waals surface area contributed by atoms with Crippen LogP contribution in [0.4, 0.5) is 5.69 Å². The molecule has 2 aromatic rings. The van der Waals surface area contributed by atoms with E-state index < -0.39 is 0 Å². The van der Waals surface area contributed by atoms with E-state index in [1.165, 1.54) is 11.1 Å². The number of rotatable bonds is 3. The Morgan fingerprint density at radius 3 is 2.85 bits per heavy atom. The quantitative estimate of drug-likeness (QED) is 0.565. The normalized spacial score (nSPS) is 13.1. The molecule has 2 nitrogen and oxygen atoms in total. The Labute approximate surface area is 139 Å². The Bertz CT molecular complexity index is 661. The molecule has 104 valence electrons. The molecule has 2 aromatic carbocycles. The largest absolute Gasteiger partial charge is 0.493 e. The SMILES string of the molecule is Nc1ccc(Br)cc1SCc1cc(Br)cc2c1OCC2. The number of anilines is 1. The molecule has 0 saturated carbocycles. The summed E-state index contributed by atoms with van der Waals surface area (Å²) in [6, 6.07) is 10.2. The maximum atomic E-state index is 6.01. The molecule has 0 unspecified atom stereocenters. The smallest absolute Gasteiger partial charge is 0.126 e. The molecule has 0 aromatic heterocycles. The zero-order valence-corrected chi connectivity index (χ0v) is 14.6. The van der Waals surface area contributed by atoms with E-state index in [1.54, 1.807) is 11.8 Å². The molecule has 3 rings (SSSR count). The highest BCUT2D eigenvalue weighted by Gasteiger charge is 2.17. The Morgan fingerprint density at radius 2 is 2.00 bits per heavy atom. The molecule has 20 heavy (non-hydrogen) atoms. The zero-order valence-electron chi connectivity index (χ0n) is 10.7. The Balaban J connectivity index is 1.84. The third-order valence-corrected chi connectivity index (χ3v) is 5.26. The van der Waals surface area contributed by atoms with Crippen LogP contribution in [0, 0.1) is 0 Å². The molecule has 2 N–H and O–H groups in total. The molecule has 0 amide bonds. The standard InChI is InChI=1S/C15H13Br2NOS/c16-11-1-2-13(18)14(7-11)20-8-10-6-12(17)5-9-3-4-19-15(9)10/h1-2,5-7H,3-4,8,18H2. The van der Waals surface area contributed by atoms with Gasteiger partial charge in [0.05, 0.1) is 6.61 Å². The summed E-state index contributed by atoms with van der Waals surface area (Å²) in [4.78, 5) is 1.09. The van der Waals surface area contributed by atoms with Gasteiger partial charge in [0.15, 0.2) is 0 Å². The van der Waals surface area contributed by atoms with Gasteiger partial charge in [-0.2, -0.15) is 0 Å². The fourth-order valence-electron chi connectivity index (χ4n) is 2.24. The van der Waals surface area contributed by atoms with Gasteiger partial charge >= 0.3 is 0 Å². The van der Waals surface area contributed by atoms with Gasteiger partial charge in [-0.3, -0.25) is 0 Å². The van der Waals surface area contributed by atoms with E-state index in [1.807, 2.05) is 12.1 Å². The first-order chi connectivity index (χ1) is 9.63. The third kappa shape index (κ3) is 3.00. The Morgan fingerprint density at radius 1 is 1.15 bits per heavy atom. The van der Waals surface area contributed by atoms with E-state index in [0.717, 1.165) is 44.1 Å². The minimum atomic E-state index is 0.780. The van der Waals surface area contributed by atoms with Crippen LogP contribution in [0.25, 0.3) is 0 Å². The van der Waals surface area contributed by atoms with Gasteiger partial charge in [0, 0.05) is 37.3 Å². The molecule has 1 aliphatic rings. The van der Waals surface area contributed by atoms with Gasteiger partial charge in [-0.1, -0.05) is 31.9 Å². The van der Waals surface area contributed by atoms with Crippen LogP contribution in [0.15, 0.2) is 44.2 Å². The zero-order chi connectivity index (χ0) is 14.1. The number of fused-ring (bicyclic) bond motifs is 1. The number of thioether (sulfide) groups is 1. The Hall–Kier alpha value is -0.650. The molecule has 5 heteroatoms. The maximum Gasteiger partial charge on any atom is 0.126 e. The van der Waals surface area contributed by atoms with Gasteiger partial charge in [0.25, 0.3) is 0 Å². The first-order valence-electron chi connectivity index (χ1n) is 6.25. The minimum absolute atomic E-state index is 0.780. The van der Waals surface area contributed by atoms with Gasteiger partial charge < -0.3 is 10.5 Å². The fraction of sp³-hybridized carbons (Fsp3) is 0.200. The van der Waals surface area contributed by atoms with Crippen LogP contribution in [0.5, 0.6) is 5.75 Å². The number of hydrogen-bond donors (Lipinski definition) is 1. The van der Waals surface area contributed by atoms with Gasteiger partial charge in [-0.15, -0.1) is 11.8 Å². The molecular weight excluding hydrogens is 402 g/mol. The molecule has 1 heterocycles. The molecule has 0 fully saturated rings. The van der Waals surface area contributed by atoms with Crippen molar-refractivity contribution >= 4 is 49.3 Å². The van der Waals surface area contributed by atoms with Gasteiger partial charge in [-0.25, -0.2) is 0 Å². The number of nitrogens with two attached hydrogens (primary N) is 1. The van der Waals surface area contributed by atoms with Crippen LogP contribution in [0.1, 0.15) is 11.1 Å².